The largest absolute Gasteiger partial charge is 0.486 e. The van der Waals surface area contributed by atoms with E-state index in [0.29, 0.717) is 35.8 Å². The molecule has 0 radical (unpaired) electrons. The van der Waals surface area contributed by atoms with E-state index in [4.69, 9.17) is 23.0 Å². The van der Waals surface area contributed by atoms with E-state index in [9.17, 15) is 0 Å². The summed E-state index contributed by atoms with van der Waals surface area (Å²) < 4.78 is 19.4. The Balaban J connectivity index is 1.69. The quantitative estimate of drug-likeness (QED) is 0.557. The van der Waals surface area contributed by atoms with Crippen molar-refractivity contribution in [2.45, 2.75) is 12.5 Å². The Morgan fingerprint density at radius 2 is 2.27 bits per heavy atom. The smallest absolute Gasteiger partial charge is 0.144 e. The van der Waals surface area contributed by atoms with Crippen molar-refractivity contribution in [1.29, 1.82) is 0 Å². The predicted octanol–water partition coefficient (Wildman–Crippen LogP) is 3.10. The van der Waals surface area contributed by atoms with Crippen LogP contribution in [0.25, 0.3) is 10.9 Å². The van der Waals surface area contributed by atoms with E-state index in [1.165, 1.54) is 6.33 Å². The van der Waals surface area contributed by atoms with E-state index in [0.717, 1.165) is 16.6 Å². The van der Waals surface area contributed by atoms with Gasteiger partial charge in [0.25, 0.3) is 0 Å². The Morgan fingerprint density at radius 3 is 3.08 bits per heavy atom. The molecule has 6 heteroatoms. The lowest BCUT2D eigenvalue weighted by Gasteiger charge is -2.15. The summed E-state index contributed by atoms with van der Waals surface area (Å²) in [6.07, 6.45) is 6.30. The van der Waals surface area contributed by atoms with Crippen LogP contribution in [-0.4, -0.2) is 29.3 Å². The van der Waals surface area contributed by atoms with Gasteiger partial charge >= 0.3 is 0 Å². The van der Waals surface area contributed by atoms with Gasteiger partial charge in [0.1, 0.15) is 24.0 Å². The SMILES string of the molecule is [2H]C1(Oc2cc3ncnc(Nc4cccc(C#C)c4)c3cc2N)CCOC1. The number of nitrogens with zero attached hydrogens (tertiary/aromatic N) is 2. The number of anilines is 3. The van der Waals surface area contributed by atoms with Gasteiger partial charge in [-0.25, -0.2) is 9.97 Å². The molecule has 1 aliphatic heterocycles. The Kier molecular flexibility index (Phi) is 3.98. The molecule has 0 saturated carbocycles. The molecule has 6 nitrogen and oxygen atoms in total. The molecule has 1 saturated heterocycles. The van der Waals surface area contributed by atoms with Crippen LogP contribution in [0.5, 0.6) is 5.75 Å². The fourth-order valence-electron chi connectivity index (χ4n) is 2.79. The van der Waals surface area contributed by atoms with E-state index in [2.05, 4.69) is 21.2 Å². The molecule has 0 spiro atoms. The molecule has 1 aliphatic rings. The van der Waals surface area contributed by atoms with Crippen molar-refractivity contribution >= 4 is 28.1 Å². The fourth-order valence-corrected chi connectivity index (χ4v) is 2.79. The van der Waals surface area contributed by atoms with Crippen molar-refractivity contribution in [2.75, 3.05) is 24.3 Å². The number of rotatable bonds is 4. The summed E-state index contributed by atoms with van der Waals surface area (Å²) in [7, 11) is 0. The number of nitrogens with one attached hydrogen (secondary N) is 1. The third-order valence-electron chi connectivity index (χ3n) is 4.10. The molecule has 0 aliphatic carbocycles. The van der Waals surface area contributed by atoms with Gasteiger partial charge in [-0.05, 0) is 24.3 Å². The van der Waals surface area contributed by atoms with Crippen LogP contribution in [0.1, 0.15) is 13.4 Å². The second kappa shape index (κ2) is 6.90. The van der Waals surface area contributed by atoms with Crippen molar-refractivity contribution in [2.24, 2.45) is 0 Å². The van der Waals surface area contributed by atoms with Crippen LogP contribution < -0.4 is 15.8 Å². The number of terminal acetylenes is 1. The molecule has 0 bridgehead atoms. The number of hydrogen-bond donors (Lipinski definition) is 2. The van der Waals surface area contributed by atoms with Gasteiger partial charge in [0.2, 0.25) is 0 Å². The molecular weight excluding hydrogens is 328 g/mol. The summed E-state index contributed by atoms with van der Waals surface area (Å²) in [6.45, 7) is 0.719. The van der Waals surface area contributed by atoms with Gasteiger partial charge in [0.15, 0.2) is 0 Å². The van der Waals surface area contributed by atoms with Crippen LogP contribution in [0.15, 0.2) is 42.7 Å². The van der Waals surface area contributed by atoms with Gasteiger partial charge in [0.05, 0.1) is 25.8 Å². The van der Waals surface area contributed by atoms with Crippen molar-refractivity contribution < 1.29 is 10.8 Å². The number of hydrogen-bond acceptors (Lipinski definition) is 6. The van der Waals surface area contributed by atoms with Gasteiger partial charge in [-0.2, -0.15) is 0 Å². The van der Waals surface area contributed by atoms with E-state index in [1.54, 1.807) is 12.1 Å². The first kappa shape index (κ1) is 15.0. The van der Waals surface area contributed by atoms with Gasteiger partial charge in [0, 0.05) is 29.1 Å². The summed E-state index contributed by atoms with van der Waals surface area (Å²) in [5.41, 5.74) is 8.83. The maximum atomic E-state index is 8.29. The standard InChI is InChI=1S/C20H18N4O2/c1-2-13-4-3-5-14(8-13)24-20-16-9-17(21)19(10-18(16)22-12-23-20)26-15-6-7-25-11-15/h1,3-5,8-10,12,15H,6-7,11,21H2,(H,22,23,24)/i15D. The number of nitrogen functional groups attached to an aromatic ring is 1. The molecule has 4 rings (SSSR count). The zero-order valence-corrected chi connectivity index (χ0v) is 14.0. The molecule has 1 fully saturated rings. The Hall–Kier alpha value is -3.30. The van der Waals surface area contributed by atoms with Crippen molar-refractivity contribution in [3.63, 3.8) is 0 Å². The minimum absolute atomic E-state index is 0.215. The van der Waals surface area contributed by atoms with Crippen LogP contribution in [-0.2, 0) is 4.74 Å². The monoisotopic (exact) mass is 347 g/mol. The molecule has 2 aromatic carbocycles. The summed E-state index contributed by atoms with van der Waals surface area (Å²) in [4.78, 5) is 8.62. The number of aromatic nitrogens is 2. The molecular formula is C20H18N4O2. The highest BCUT2D eigenvalue weighted by atomic mass is 16.5. The normalized spacial score (nSPS) is 19.7. The maximum absolute atomic E-state index is 8.29. The number of nitrogens with two attached hydrogens (primary N) is 1. The molecule has 26 heavy (non-hydrogen) atoms. The minimum Gasteiger partial charge on any atom is -0.486 e. The molecule has 1 aromatic heterocycles. The number of ether oxygens (including phenoxy) is 2. The molecule has 2 heterocycles. The van der Waals surface area contributed by atoms with Crippen molar-refractivity contribution in [1.82, 2.24) is 9.97 Å². The first-order chi connectivity index (χ1) is 13.1. The van der Waals surface area contributed by atoms with Gasteiger partial charge < -0.3 is 20.5 Å². The van der Waals surface area contributed by atoms with E-state index in [1.807, 2.05) is 24.3 Å². The van der Waals surface area contributed by atoms with Gasteiger partial charge in [-0.1, -0.05) is 12.0 Å². The summed E-state index contributed by atoms with van der Waals surface area (Å²) in [5, 5.41) is 3.99. The molecule has 0 amide bonds. The van der Waals surface area contributed by atoms with Crippen LogP contribution in [0, 0.1) is 12.3 Å². The Labute approximate surface area is 152 Å². The van der Waals surface area contributed by atoms with E-state index < -0.39 is 6.08 Å². The second-order valence-electron chi connectivity index (χ2n) is 5.92. The molecule has 1 unspecified atom stereocenters. The minimum atomic E-state index is -1.12. The van der Waals surface area contributed by atoms with Gasteiger partial charge in [-0.15, -0.1) is 6.42 Å². The highest BCUT2D eigenvalue weighted by molar-refractivity contribution is 5.94. The first-order valence-electron chi connectivity index (χ1n) is 8.71. The third kappa shape index (κ3) is 3.25. The molecule has 3 N–H and O–H groups in total. The molecule has 1 atom stereocenters. The molecule has 3 aromatic rings. The first-order valence-corrected chi connectivity index (χ1v) is 8.21. The second-order valence-corrected chi connectivity index (χ2v) is 5.92. The molecule has 130 valence electrons. The average Bonchev–Trinajstić information content (AvgIpc) is 3.09. The highest BCUT2D eigenvalue weighted by Crippen LogP contribution is 2.32. The van der Waals surface area contributed by atoms with Crippen LogP contribution in [0.2, 0.25) is 0 Å². The summed E-state index contributed by atoms with van der Waals surface area (Å²) in [6, 6.07) is 11.0. The Bertz CT molecular complexity index is 1040. The third-order valence-corrected chi connectivity index (χ3v) is 4.10. The summed E-state index contributed by atoms with van der Waals surface area (Å²) >= 11 is 0. The predicted molar refractivity (Wildman–Crippen MR) is 101 cm³/mol. The summed E-state index contributed by atoms with van der Waals surface area (Å²) in [5.74, 6) is 3.63. The number of fused-ring (bicyclic) bond motifs is 1. The van der Waals surface area contributed by atoms with Crippen LogP contribution >= 0.6 is 0 Å². The maximum Gasteiger partial charge on any atom is 0.144 e. The fraction of sp³-hybridized carbons (Fsp3) is 0.200. The topological polar surface area (TPSA) is 82.3 Å². The van der Waals surface area contributed by atoms with E-state index >= 15 is 0 Å². The lowest BCUT2D eigenvalue weighted by atomic mass is 10.1. The highest BCUT2D eigenvalue weighted by Gasteiger charge is 2.19. The zero-order valence-electron chi connectivity index (χ0n) is 15.0. The van der Waals surface area contributed by atoms with E-state index in [-0.39, 0.29) is 6.61 Å². The van der Waals surface area contributed by atoms with Crippen molar-refractivity contribution in [3.05, 3.63) is 48.3 Å². The van der Waals surface area contributed by atoms with Crippen LogP contribution in [0.4, 0.5) is 17.2 Å². The lowest BCUT2D eigenvalue weighted by molar-refractivity contribution is 0.142. The van der Waals surface area contributed by atoms with Crippen LogP contribution in [0.3, 0.4) is 0 Å². The van der Waals surface area contributed by atoms with Crippen molar-refractivity contribution in [3.8, 4) is 18.1 Å². The van der Waals surface area contributed by atoms with Gasteiger partial charge in [-0.3, -0.25) is 0 Å². The Morgan fingerprint density at radius 1 is 1.35 bits per heavy atom. The number of benzene rings is 2. The average molecular weight is 347 g/mol. The lowest BCUT2D eigenvalue weighted by Crippen LogP contribution is -2.16. The zero-order chi connectivity index (χ0) is 18.9.